The lowest BCUT2D eigenvalue weighted by Gasteiger charge is -2.13. The van der Waals surface area contributed by atoms with E-state index < -0.39 is 18.5 Å². The van der Waals surface area contributed by atoms with E-state index in [0.29, 0.717) is 28.4 Å². The van der Waals surface area contributed by atoms with Crippen molar-refractivity contribution in [2.24, 2.45) is 10.7 Å². The maximum Gasteiger partial charge on any atom is 0.326 e. The Balaban J connectivity index is 1.61. The molecule has 1 amide bonds. The second-order valence-electron chi connectivity index (χ2n) is 7.55. The first-order valence-electron chi connectivity index (χ1n) is 10.3. The maximum atomic E-state index is 12.4. The zero-order valence-corrected chi connectivity index (χ0v) is 18.8. The number of carbonyl (C=O) groups excluding carboxylic acids is 2. The van der Waals surface area contributed by atoms with Crippen molar-refractivity contribution in [3.63, 3.8) is 0 Å². The van der Waals surface area contributed by atoms with Crippen LogP contribution in [0.25, 0.3) is 10.9 Å². The van der Waals surface area contributed by atoms with Gasteiger partial charge >= 0.3 is 5.97 Å². The average molecular weight is 444 g/mol. The number of hydrogen-bond donors (Lipinski definition) is 2. The van der Waals surface area contributed by atoms with Gasteiger partial charge in [-0.05, 0) is 62.6 Å². The van der Waals surface area contributed by atoms with Crippen LogP contribution in [-0.4, -0.2) is 28.8 Å². The van der Waals surface area contributed by atoms with Gasteiger partial charge in [-0.2, -0.15) is 5.26 Å². The highest BCUT2D eigenvalue weighted by molar-refractivity contribution is 6.03. The second-order valence-corrected chi connectivity index (χ2v) is 7.55. The zero-order chi connectivity index (χ0) is 24.0. The molecule has 0 radical (unpaired) electrons. The monoisotopic (exact) mass is 443 g/mol. The Hall–Kier alpha value is -4.38. The Kier molecular flexibility index (Phi) is 7.26. The number of nitrogens with two attached hydrogens (primary N) is 1. The predicted molar refractivity (Wildman–Crippen MR) is 127 cm³/mol. The molecule has 0 fully saturated rings. The van der Waals surface area contributed by atoms with Crippen molar-refractivity contribution >= 4 is 34.2 Å². The fraction of sp³-hybridized carbons (Fsp3) is 0.200. The van der Waals surface area contributed by atoms with E-state index in [1.54, 1.807) is 38.1 Å². The summed E-state index contributed by atoms with van der Waals surface area (Å²) >= 11 is 0. The number of aryl methyl sites for hydroxylation is 1. The number of aliphatic imine (C=N–C) groups is 1. The summed E-state index contributed by atoms with van der Waals surface area (Å²) in [4.78, 5) is 29.2. The largest absolute Gasteiger partial charge is 0.454 e. The van der Waals surface area contributed by atoms with Crippen molar-refractivity contribution < 1.29 is 14.3 Å². The smallest absolute Gasteiger partial charge is 0.326 e. The van der Waals surface area contributed by atoms with Crippen LogP contribution in [0.2, 0.25) is 0 Å². The van der Waals surface area contributed by atoms with E-state index in [0.717, 1.165) is 16.6 Å². The SMILES string of the molecule is CC(=Nc1ccc(C#N)cc1)C(NC(=O)COC(=O)Cn1c(C)cc2ccccc21)=C(C)N. The first kappa shape index (κ1) is 23.3. The summed E-state index contributed by atoms with van der Waals surface area (Å²) < 4.78 is 7.03. The number of carbonyl (C=O) groups is 2. The number of nitriles is 1. The Bertz CT molecular complexity index is 1290. The van der Waals surface area contributed by atoms with Crippen molar-refractivity contribution in [2.75, 3.05) is 6.61 Å². The van der Waals surface area contributed by atoms with Crippen LogP contribution in [0.4, 0.5) is 5.69 Å². The number of nitrogens with one attached hydrogen (secondary N) is 1. The number of aromatic nitrogens is 1. The molecule has 8 nitrogen and oxygen atoms in total. The number of rotatable bonds is 7. The third-order valence-corrected chi connectivity index (χ3v) is 4.98. The van der Waals surface area contributed by atoms with Crippen molar-refractivity contribution in [1.82, 2.24) is 9.88 Å². The first-order valence-corrected chi connectivity index (χ1v) is 10.3. The normalized spacial score (nSPS) is 12.1. The van der Waals surface area contributed by atoms with Crippen molar-refractivity contribution in [2.45, 2.75) is 27.3 Å². The number of para-hydroxylation sites is 1. The third kappa shape index (κ3) is 5.86. The fourth-order valence-corrected chi connectivity index (χ4v) is 3.39. The number of nitrogens with zero attached hydrogens (tertiary/aromatic N) is 3. The molecule has 0 bridgehead atoms. The van der Waals surface area contributed by atoms with Gasteiger partial charge in [0.1, 0.15) is 6.54 Å². The summed E-state index contributed by atoms with van der Waals surface area (Å²) in [5, 5.41) is 12.6. The van der Waals surface area contributed by atoms with Gasteiger partial charge in [-0.15, -0.1) is 0 Å². The first-order chi connectivity index (χ1) is 15.8. The van der Waals surface area contributed by atoms with E-state index in [-0.39, 0.29) is 6.54 Å². The number of amides is 1. The van der Waals surface area contributed by atoms with Crippen molar-refractivity contribution in [3.8, 4) is 6.07 Å². The molecule has 1 aromatic heterocycles. The van der Waals surface area contributed by atoms with Crippen molar-refractivity contribution in [1.29, 1.82) is 5.26 Å². The molecule has 0 spiro atoms. The molecule has 2 aromatic carbocycles. The van der Waals surface area contributed by atoms with Crippen LogP contribution in [0.1, 0.15) is 25.1 Å². The molecule has 3 rings (SSSR count). The Labute approximate surface area is 192 Å². The zero-order valence-electron chi connectivity index (χ0n) is 18.8. The highest BCUT2D eigenvalue weighted by atomic mass is 16.5. The van der Waals surface area contributed by atoms with Gasteiger partial charge in [0.05, 0.1) is 28.7 Å². The highest BCUT2D eigenvalue weighted by Gasteiger charge is 2.14. The highest BCUT2D eigenvalue weighted by Crippen LogP contribution is 2.19. The van der Waals surface area contributed by atoms with Gasteiger partial charge in [0.15, 0.2) is 6.61 Å². The molecule has 0 saturated carbocycles. The van der Waals surface area contributed by atoms with E-state index in [9.17, 15) is 9.59 Å². The molecule has 0 aliphatic rings. The number of benzene rings is 2. The number of allylic oxidation sites excluding steroid dienone is 2. The summed E-state index contributed by atoms with van der Waals surface area (Å²) in [5.41, 5.74) is 10.1. The number of esters is 1. The van der Waals surface area contributed by atoms with Gasteiger partial charge in [0, 0.05) is 16.9 Å². The molecule has 0 unspecified atom stereocenters. The molecule has 1 heterocycles. The van der Waals surface area contributed by atoms with E-state index in [1.165, 1.54) is 0 Å². The number of fused-ring (bicyclic) bond motifs is 1. The quantitative estimate of drug-likeness (QED) is 0.428. The predicted octanol–water partition coefficient (Wildman–Crippen LogP) is 3.46. The van der Waals surface area contributed by atoms with Crippen LogP contribution in [0.5, 0.6) is 0 Å². The van der Waals surface area contributed by atoms with Crippen LogP contribution in [0, 0.1) is 18.3 Å². The van der Waals surface area contributed by atoms with Gasteiger partial charge in [-0.1, -0.05) is 18.2 Å². The second kappa shape index (κ2) is 10.3. The van der Waals surface area contributed by atoms with Crippen molar-refractivity contribution in [3.05, 3.63) is 77.2 Å². The van der Waals surface area contributed by atoms with Gasteiger partial charge in [-0.25, -0.2) is 0 Å². The summed E-state index contributed by atoms with van der Waals surface area (Å²) in [6.07, 6.45) is 0. The summed E-state index contributed by atoms with van der Waals surface area (Å²) in [7, 11) is 0. The fourth-order valence-electron chi connectivity index (χ4n) is 3.39. The van der Waals surface area contributed by atoms with Crippen LogP contribution < -0.4 is 11.1 Å². The Morgan fingerprint density at radius 3 is 2.52 bits per heavy atom. The summed E-state index contributed by atoms with van der Waals surface area (Å²) in [6.45, 7) is 4.81. The van der Waals surface area contributed by atoms with Gasteiger partial charge in [0.2, 0.25) is 0 Å². The number of ether oxygens (including phenoxy) is 1. The maximum absolute atomic E-state index is 12.4. The molecule has 33 heavy (non-hydrogen) atoms. The lowest BCUT2D eigenvalue weighted by molar-refractivity contribution is -0.148. The summed E-state index contributed by atoms with van der Waals surface area (Å²) in [6, 6.07) is 18.5. The Morgan fingerprint density at radius 1 is 1.15 bits per heavy atom. The molecule has 3 N–H and O–H groups in total. The van der Waals surface area contributed by atoms with Crippen LogP contribution in [0.15, 0.2) is 71.0 Å². The third-order valence-electron chi connectivity index (χ3n) is 4.98. The Morgan fingerprint density at radius 2 is 1.85 bits per heavy atom. The molecule has 0 aliphatic heterocycles. The molecular formula is C25H25N5O3. The van der Waals surface area contributed by atoms with Crippen LogP contribution in [0.3, 0.4) is 0 Å². The molecule has 0 saturated heterocycles. The minimum absolute atomic E-state index is 0.00438. The standard InChI is InChI=1S/C25H25N5O3/c1-16-12-20-6-4-5-7-22(20)30(16)14-24(32)33-15-23(31)29-25(17(2)27)18(3)28-21-10-8-19(13-26)9-11-21/h4-12H,14-15,27H2,1-3H3,(H,29,31). The van der Waals surface area contributed by atoms with E-state index in [4.69, 9.17) is 15.7 Å². The summed E-state index contributed by atoms with van der Waals surface area (Å²) in [5.74, 6) is -1.04. The molecule has 3 aromatic rings. The molecular weight excluding hydrogens is 418 g/mol. The van der Waals surface area contributed by atoms with Gasteiger partial charge in [-0.3, -0.25) is 14.6 Å². The number of hydrogen-bond acceptors (Lipinski definition) is 6. The molecule has 0 aliphatic carbocycles. The van der Waals surface area contributed by atoms with E-state index in [2.05, 4.69) is 10.3 Å². The minimum atomic E-state index is -0.522. The average Bonchev–Trinajstić information content (AvgIpc) is 3.11. The molecule has 168 valence electrons. The van der Waals surface area contributed by atoms with Gasteiger partial charge in [0.25, 0.3) is 5.91 Å². The molecule has 8 heteroatoms. The topological polar surface area (TPSA) is 123 Å². The van der Waals surface area contributed by atoms with E-state index >= 15 is 0 Å². The van der Waals surface area contributed by atoms with Crippen LogP contribution in [-0.2, 0) is 20.9 Å². The molecule has 0 atom stereocenters. The lowest BCUT2D eigenvalue weighted by atomic mass is 10.2. The van der Waals surface area contributed by atoms with Crippen LogP contribution >= 0.6 is 0 Å². The minimum Gasteiger partial charge on any atom is -0.454 e. The van der Waals surface area contributed by atoms with Gasteiger partial charge < -0.3 is 20.4 Å². The van der Waals surface area contributed by atoms with E-state index in [1.807, 2.05) is 47.9 Å². The lowest BCUT2D eigenvalue weighted by Crippen LogP contribution is -2.33.